The number of hydrogen-bond acceptors (Lipinski definition) is 5. The third-order valence-electron chi connectivity index (χ3n) is 8.70. The maximum absolute atomic E-state index is 11.4. The summed E-state index contributed by atoms with van der Waals surface area (Å²) in [4.78, 5) is 18.2. The molecule has 42 heavy (non-hydrogen) atoms. The van der Waals surface area contributed by atoms with Gasteiger partial charge in [-0.25, -0.2) is 4.98 Å². The van der Waals surface area contributed by atoms with Gasteiger partial charge in [-0.15, -0.1) is 0 Å². The van der Waals surface area contributed by atoms with Gasteiger partial charge in [-0.3, -0.25) is 4.79 Å². The molecular formula is C37H54N2O3. The van der Waals surface area contributed by atoms with E-state index in [4.69, 9.17) is 14.5 Å². The van der Waals surface area contributed by atoms with Gasteiger partial charge >= 0.3 is 0 Å². The monoisotopic (exact) mass is 574 g/mol. The Morgan fingerprint density at radius 3 is 2.29 bits per heavy atom. The standard InChI is InChI=1S/C37H54N2O3/c1-28(2)14-11-15-29(3)16-12-17-30(4)18-13-23-37(6,42-26-32-19-9-8-10-20-32)24-21-33-34-22-25-39(7)36(34)38-31(5)35(33)41-27-40/h8-10,19-20,27-30H,11-18,22-23,25-26H2,1-7H3/t29-,30-,37-/m1/s1. The second kappa shape index (κ2) is 16.7. The minimum absolute atomic E-state index is 0.462. The molecule has 0 unspecified atom stereocenters. The van der Waals surface area contributed by atoms with E-state index < -0.39 is 5.60 Å². The predicted molar refractivity (Wildman–Crippen MR) is 174 cm³/mol. The number of rotatable bonds is 17. The van der Waals surface area contributed by atoms with Crippen LogP contribution >= 0.6 is 0 Å². The largest absolute Gasteiger partial charge is 0.425 e. The van der Waals surface area contributed by atoms with Crippen LogP contribution in [0.3, 0.4) is 0 Å². The summed E-state index contributed by atoms with van der Waals surface area (Å²) in [6.45, 7) is 15.3. The van der Waals surface area contributed by atoms with Crippen LogP contribution in [-0.2, 0) is 22.6 Å². The van der Waals surface area contributed by atoms with Crippen molar-refractivity contribution in [3.63, 3.8) is 0 Å². The van der Waals surface area contributed by atoms with E-state index in [1.165, 1.54) is 44.9 Å². The number of anilines is 1. The molecule has 5 heteroatoms. The molecule has 1 aromatic heterocycles. The van der Waals surface area contributed by atoms with Crippen molar-refractivity contribution >= 4 is 12.3 Å². The average Bonchev–Trinajstić information content (AvgIpc) is 3.32. The van der Waals surface area contributed by atoms with Gasteiger partial charge in [0.1, 0.15) is 11.4 Å². The summed E-state index contributed by atoms with van der Waals surface area (Å²) in [6.07, 6.45) is 11.9. The fourth-order valence-electron chi connectivity index (χ4n) is 5.92. The van der Waals surface area contributed by atoms with Crippen LogP contribution in [0, 0.1) is 36.5 Å². The Morgan fingerprint density at radius 1 is 1.00 bits per heavy atom. The minimum atomic E-state index is -0.631. The molecule has 0 bridgehead atoms. The molecule has 3 atom stereocenters. The van der Waals surface area contributed by atoms with Crippen LogP contribution in [-0.4, -0.2) is 30.6 Å². The molecule has 1 aromatic carbocycles. The molecule has 0 saturated carbocycles. The minimum Gasteiger partial charge on any atom is -0.425 e. The maximum atomic E-state index is 11.4. The van der Waals surface area contributed by atoms with Gasteiger partial charge in [0.25, 0.3) is 6.47 Å². The summed E-state index contributed by atoms with van der Waals surface area (Å²) >= 11 is 0. The first-order valence-corrected chi connectivity index (χ1v) is 16.2. The number of benzene rings is 1. The van der Waals surface area contributed by atoms with E-state index in [-0.39, 0.29) is 0 Å². The molecule has 1 aliphatic rings. The highest BCUT2D eigenvalue weighted by molar-refractivity contribution is 5.67. The second-order valence-electron chi connectivity index (χ2n) is 13.2. The maximum Gasteiger partial charge on any atom is 0.298 e. The van der Waals surface area contributed by atoms with E-state index in [0.717, 1.165) is 60.2 Å². The lowest BCUT2D eigenvalue weighted by Gasteiger charge is -2.25. The Hall–Kier alpha value is -2.84. The van der Waals surface area contributed by atoms with Gasteiger partial charge in [-0.2, -0.15) is 0 Å². The first-order valence-electron chi connectivity index (χ1n) is 16.2. The lowest BCUT2D eigenvalue weighted by molar-refractivity contribution is -0.120. The summed E-state index contributed by atoms with van der Waals surface area (Å²) in [7, 11) is 2.04. The first kappa shape index (κ1) is 33.7. The van der Waals surface area contributed by atoms with E-state index in [2.05, 4.69) is 63.5 Å². The van der Waals surface area contributed by atoms with Gasteiger partial charge in [-0.05, 0) is 56.4 Å². The number of carbonyl (C=O) groups excluding carboxylic acids is 1. The molecule has 0 amide bonds. The SMILES string of the molecule is Cc1nc2c(c(C#C[C@@](C)(CCC[C@H](C)CCC[C@H](C)CCCC(C)C)OCc3ccccc3)c1OC=O)CCN2C. The van der Waals surface area contributed by atoms with E-state index in [9.17, 15) is 4.79 Å². The Bertz CT molecular complexity index is 1180. The lowest BCUT2D eigenvalue weighted by Crippen LogP contribution is -2.27. The number of aromatic nitrogens is 1. The molecule has 2 aromatic rings. The third kappa shape index (κ3) is 10.5. The van der Waals surface area contributed by atoms with Crippen molar-refractivity contribution in [1.29, 1.82) is 0 Å². The van der Waals surface area contributed by atoms with Crippen molar-refractivity contribution < 1.29 is 14.3 Å². The zero-order chi connectivity index (χ0) is 30.5. The number of pyridine rings is 1. The Morgan fingerprint density at radius 2 is 1.64 bits per heavy atom. The van der Waals surface area contributed by atoms with Crippen LogP contribution < -0.4 is 9.64 Å². The molecule has 0 radical (unpaired) electrons. The van der Waals surface area contributed by atoms with Crippen LogP contribution in [0.1, 0.15) is 115 Å². The van der Waals surface area contributed by atoms with Crippen molar-refractivity contribution in [1.82, 2.24) is 4.98 Å². The Balaban J connectivity index is 1.68. The van der Waals surface area contributed by atoms with E-state index in [0.29, 0.717) is 30.4 Å². The molecule has 1 aliphatic heterocycles. The van der Waals surface area contributed by atoms with Crippen molar-refractivity contribution in [2.75, 3.05) is 18.5 Å². The summed E-state index contributed by atoms with van der Waals surface area (Å²) < 4.78 is 12.0. The number of likely N-dealkylation sites (N-methyl/N-ethyl adjacent to an activating group) is 1. The average molecular weight is 575 g/mol. The van der Waals surface area contributed by atoms with Crippen molar-refractivity contribution in [2.24, 2.45) is 17.8 Å². The number of hydrogen-bond donors (Lipinski definition) is 0. The second-order valence-corrected chi connectivity index (χ2v) is 13.2. The zero-order valence-electron chi connectivity index (χ0n) is 27.3. The molecular weight excluding hydrogens is 520 g/mol. The summed E-state index contributed by atoms with van der Waals surface area (Å²) in [6, 6.07) is 10.3. The Kier molecular flexibility index (Phi) is 13.4. The first-order chi connectivity index (χ1) is 20.1. The lowest BCUT2D eigenvalue weighted by atomic mass is 9.90. The van der Waals surface area contributed by atoms with Gasteiger partial charge in [0.15, 0.2) is 5.75 Å². The molecule has 230 valence electrons. The molecule has 0 N–H and O–H groups in total. The number of ether oxygens (including phenoxy) is 2. The summed E-state index contributed by atoms with van der Waals surface area (Å²) in [5.41, 5.74) is 2.99. The normalized spacial score (nSPS) is 15.5. The topological polar surface area (TPSA) is 51.7 Å². The number of carbonyl (C=O) groups is 1. The van der Waals surface area contributed by atoms with Gasteiger partial charge in [0, 0.05) is 19.2 Å². The smallest absolute Gasteiger partial charge is 0.298 e. The van der Waals surface area contributed by atoms with Crippen LogP contribution in [0.15, 0.2) is 30.3 Å². The highest BCUT2D eigenvalue weighted by Gasteiger charge is 2.27. The third-order valence-corrected chi connectivity index (χ3v) is 8.70. The zero-order valence-corrected chi connectivity index (χ0v) is 27.3. The van der Waals surface area contributed by atoms with Crippen molar-refractivity contribution in [3.8, 4) is 17.6 Å². The molecule has 0 aliphatic carbocycles. The van der Waals surface area contributed by atoms with Crippen LogP contribution in [0.5, 0.6) is 5.75 Å². The molecule has 2 heterocycles. The number of aryl methyl sites for hydroxylation is 1. The van der Waals surface area contributed by atoms with E-state index in [1.54, 1.807) is 0 Å². The number of fused-ring (bicyclic) bond motifs is 1. The van der Waals surface area contributed by atoms with Gasteiger partial charge in [0.2, 0.25) is 0 Å². The van der Waals surface area contributed by atoms with Gasteiger partial charge in [0.05, 0.1) is 17.9 Å². The Labute approximate surface area is 255 Å². The van der Waals surface area contributed by atoms with Crippen molar-refractivity contribution in [3.05, 3.63) is 52.7 Å². The molecule has 0 saturated heterocycles. The highest BCUT2D eigenvalue weighted by atomic mass is 16.5. The van der Waals surface area contributed by atoms with Crippen molar-refractivity contribution in [2.45, 2.75) is 118 Å². The number of nitrogens with zero attached hydrogens (tertiary/aromatic N) is 2. The molecule has 0 spiro atoms. The van der Waals surface area contributed by atoms with Crippen LogP contribution in [0.2, 0.25) is 0 Å². The summed E-state index contributed by atoms with van der Waals surface area (Å²) in [5.74, 6) is 10.6. The van der Waals surface area contributed by atoms with E-state index >= 15 is 0 Å². The highest BCUT2D eigenvalue weighted by Crippen LogP contribution is 2.35. The van der Waals surface area contributed by atoms with E-state index in [1.807, 2.05) is 32.2 Å². The fourth-order valence-corrected chi connectivity index (χ4v) is 5.92. The fraction of sp³-hybridized carbons (Fsp3) is 0.622. The van der Waals surface area contributed by atoms with Gasteiger partial charge in [-0.1, -0.05) is 115 Å². The molecule has 5 nitrogen and oxygen atoms in total. The summed E-state index contributed by atoms with van der Waals surface area (Å²) in [5, 5.41) is 0. The van der Waals surface area contributed by atoms with Gasteiger partial charge < -0.3 is 14.4 Å². The van der Waals surface area contributed by atoms with Crippen LogP contribution in [0.4, 0.5) is 5.82 Å². The molecule has 0 fully saturated rings. The quantitative estimate of drug-likeness (QED) is 0.140. The van der Waals surface area contributed by atoms with Crippen LogP contribution in [0.25, 0.3) is 0 Å². The predicted octanol–water partition coefficient (Wildman–Crippen LogP) is 8.68. The molecule has 3 rings (SSSR count).